The molecule has 1 aromatic heterocycles. The summed E-state index contributed by atoms with van der Waals surface area (Å²) >= 11 is 0. The molecule has 0 saturated carbocycles. The van der Waals surface area contributed by atoms with Crippen molar-refractivity contribution >= 4 is 23.5 Å². The molecule has 2 amide bonds. The van der Waals surface area contributed by atoms with Crippen LogP contribution in [0.4, 0.5) is 16.3 Å². The minimum atomic E-state index is -0.486. The first-order valence-electron chi connectivity index (χ1n) is 10.7. The summed E-state index contributed by atoms with van der Waals surface area (Å²) in [6, 6.07) is 9.00. The van der Waals surface area contributed by atoms with E-state index in [4.69, 9.17) is 23.7 Å². The summed E-state index contributed by atoms with van der Waals surface area (Å²) < 4.78 is 25.8. The molecule has 0 aliphatic carbocycles. The van der Waals surface area contributed by atoms with Gasteiger partial charge in [0.25, 0.3) is 5.91 Å². The normalized spacial score (nSPS) is 10.4. The van der Waals surface area contributed by atoms with Gasteiger partial charge >= 0.3 is 12.1 Å². The molecule has 2 aromatic rings. The van der Waals surface area contributed by atoms with Gasteiger partial charge in [0.05, 0.1) is 46.8 Å². The van der Waals surface area contributed by atoms with Gasteiger partial charge in [0, 0.05) is 31.0 Å². The molecule has 0 atom stereocenters. The van der Waals surface area contributed by atoms with Gasteiger partial charge in [0.15, 0.2) is 0 Å². The number of carbonyl (C=O) groups excluding carboxylic acids is 2. The third kappa shape index (κ3) is 10.9. The van der Waals surface area contributed by atoms with Crippen LogP contribution in [0.3, 0.4) is 0 Å². The Bertz CT molecular complexity index is 867. The first kappa shape index (κ1) is 26.8. The highest BCUT2D eigenvalue weighted by Gasteiger charge is 2.06. The van der Waals surface area contributed by atoms with Gasteiger partial charge in [-0.05, 0) is 30.3 Å². The van der Waals surface area contributed by atoms with Gasteiger partial charge in [-0.2, -0.15) is 4.98 Å². The molecule has 0 fully saturated rings. The van der Waals surface area contributed by atoms with Crippen LogP contribution in [-0.4, -0.2) is 88.9 Å². The van der Waals surface area contributed by atoms with Gasteiger partial charge in [-0.25, -0.2) is 9.78 Å². The SMILES string of the molecule is CNC(=O)OCCOCCOCCOCCNC(=O)c1ccc(Nc2ccnc(OC)n2)cc1. The average Bonchev–Trinajstić information content (AvgIpc) is 2.87. The summed E-state index contributed by atoms with van der Waals surface area (Å²) in [5.74, 6) is 0.401. The van der Waals surface area contributed by atoms with Crippen molar-refractivity contribution in [3.8, 4) is 6.01 Å². The fraction of sp³-hybridized carbons (Fsp3) is 0.455. The van der Waals surface area contributed by atoms with Crippen LogP contribution in [0, 0.1) is 0 Å². The molecule has 0 unspecified atom stereocenters. The van der Waals surface area contributed by atoms with Crippen molar-refractivity contribution in [1.82, 2.24) is 20.6 Å². The van der Waals surface area contributed by atoms with Crippen molar-refractivity contribution in [2.45, 2.75) is 0 Å². The molecule has 1 heterocycles. The third-order valence-electron chi connectivity index (χ3n) is 4.18. The Labute approximate surface area is 198 Å². The van der Waals surface area contributed by atoms with E-state index in [1.165, 1.54) is 14.2 Å². The van der Waals surface area contributed by atoms with Crippen LogP contribution in [0.5, 0.6) is 6.01 Å². The first-order valence-corrected chi connectivity index (χ1v) is 10.7. The number of methoxy groups -OCH3 is 1. The van der Waals surface area contributed by atoms with Gasteiger partial charge in [-0.3, -0.25) is 4.79 Å². The largest absolute Gasteiger partial charge is 0.467 e. The van der Waals surface area contributed by atoms with Crippen LogP contribution >= 0.6 is 0 Å². The quantitative estimate of drug-likeness (QED) is 0.303. The number of alkyl carbamates (subject to hydrolysis) is 1. The van der Waals surface area contributed by atoms with Crippen LogP contribution in [-0.2, 0) is 18.9 Å². The molecule has 12 heteroatoms. The van der Waals surface area contributed by atoms with Crippen LogP contribution in [0.25, 0.3) is 0 Å². The molecule has 0 radical (unpaired) electrons. The Hall–Kier alpha value is -3.48. The van der Waals surface area contributed by atoms with E-state index in [1.54, 1.807) is 36.5 Å². The van der Waals surface area contributed by atoms with E-state index in [0.29, 0.717) is 57.6 Å². The van der Waals surface area contributed by atoms with E-state index in [1.807, 2.05) is 0 Å². The summed E-state index contributed by atoms with van der Waals surface area (Å²) in [5.41, 5.74) is 1.32. The molecular weight excluding hydrogens is 446 g/mol. The zero-order chi connectivity index (χ0) is 24.4. The van der Waals surface area contributed by atoms with E-state index >= 15 is 0 Å². The minimum Gasteiger partial charge on any atom is -0.467 e. The molecule has 0 aliphatic rings. The number of anilines is 2. The molecule has 0 aliphatic heterocycles. The molecule has 3 N–H and O–H groups in total. The van der Waals surface area contributed by atoms with Crippen LogP contribution in [0.2, 0.25) is 0 Å². The fourth-order valence-corrected chi connectivity index (χ4v) is 2.51. The first-order chi connectivity index (χ1) is 16.6. The number of amides is 2. The van der Waals surface area contributed by atoms with Crippen molar-refractivity contribution < 1.29 is 33.3 Å². The second-order valence-electron chi connectivity index (χ2n) is 6.61. The van der Waals surface area contributed by atoms with Crippen molar-refractivity contribution in [2.24, 2.45) is 0 Å². The summed E-state index contributed by atoms with van der Waals surface area (Å²) in [6.07, 6.45) is 1.11. The van der Waals surface area contributed by atoms with Gasteiger partial charge in [0.1, 0.15) is 12.4 Å². The van der Waals surface area contributed by atoms with E-state index in [2.05, 4.69) is 25.9 Å². The molecule has 0 spiro atoms. The van der Waals surface area contributed by atoms with Crippen LogP contribution < -0.4 is 20.7 Å². The minimum absolute atomic E-state index is 0.187. The maximum Gasteiger partial charge on any atom is 0.406 e. The van der Waals surface area contributed by atoms with Gasteiger partial charge in [-0.15, -0.1) is 0 Å². The lowest BCUT2D eigenvalue weighted by atomic mass is 10.2. The number of nitrogens with zero attached hydrogens (tertiary/aromatic N) is 2. The number of carbonyl (C=O) groups is 2. The standard InChI is InChI=1S/C22H31N5O7/c1-23-22(29)34-16-15-33-14-13-32-12-11-31-10-9-24-20(28)17-3-5-18(6-4-17)26-19-7-8-25-21(27-19)30-2/h3-8H,9-16H2,1-2H3,(H,23,29)(H,24,28)(H,25,26,27). The average molecular weight is 478 g/mol. The Kier molecular flexibility index (Phi) is 12.7. The van der Waals surface area contributed by atoms with Crippen molar-refractivity contribution in [1.29, 1.82) is 0 Å². The monoisotopic (exact) mass is 477 g/mol. The zero-order valence-electron chi connectivity index (χ0n) is 19.4. The Morgan fingerprint density at radius 3 is 2.18 bits per heavy atom. The molecule has 1 aromatic carbocycles. The lowest BCUT2D eigenvalue weighted by Gasteiger charge is -2.09. The lowest BCUT2D eigenvalue weighted by Crippen LogP contribution is -2.27. The second kappa shape index (κ2) is 16.2. The molecule has 2 rings (SSSR count). The number of hydrogen-bond donors (Lipinski definition) is 3. The maximum atomic E-state index is 12.2. The highest BCUT2D eigenvalue weighted by molar-refractivity contribution is 5.94. The smallest absolute Gasteiger partial charge is 0.406 e. The van der Waals surface area contributed by atoms with E-state index < -0.39 is 6.09 Å². The fourth-order valence-electron chi connectivity index (χ4n) is 2.51. The van der Waals surface area contributed by atoms with Crippen molar-refractivity contribution in [2.75, 3.05) is 72.3 Å². The van der Waals surface area contributed by atoms with Crippen molar-refractivity contribution in [3.05, 3.63) is 42.1 Å². The number of benzene rings is 1. The highest BCUT2D eigenvalue weighted by atomic mass is 16.6. The molecule has 186 valence electrons. The number of nitrogens with one attached hydrogen (secondary N) is 3. The molecule has 34 heavy (non-hydrogen) atoms. The Morgan fingerprint density at radius 1 is 0.882 bits per heavy atom. The molecular formula is C22H31N5O7. The predicted molar refractivity (Wildman–Crippen MR) is 124 cm³/mol. The van der Waals surface area contributed by atoms with E-state index in [-0.39, 0.29) is 18.5 Å². The van der Waals surface area contributed by atoms with Crippen molar-refractivity contribution in [3.63, 3.8) is 0 Å². The zero-order valence-corrected chi connectivity index (χ0v) is 19.4. The van der Waals surface area contributed by atoms with E-state index in [0.717, 1.165) is 5.69 Å². The van der Waals surface area contributed by atoms with Gasteiger partial charge in [-0.1, -0.05) is 0 Å². The second-order valence-corrected chi connectivity index (χ2v) is 6.61. The van der Waals surface area contributed by atoms with Gasteiger partial charge in [0.2, 0.25) is 0 Å². The molecule has 12 nitrogen and oxygen atoms in total. The Balaban J connectivity index is 1.49. The summed E-state index contributed by atoms with van der Waals surface area (Å²) in [6.45, 7) is 2.89. The maximum absolute atomic E-state index is 12.2. The number of rotatable bonds is 16. The molecule has 0 bridgehead atoms. The predicted octanol–water partition coefficient (Wildman–Crippen LogP) is 1.36. The summed E-state index contributed by atoms with van der Waals surface area (Å²) in [5, 5.41) is 8.27. The number of ether oxygens (including phenoxy) is 5. The number of hydrogen-bond acceptors (Lipinski definition) is 10. The number of aromatic nitrogens is 2. The topological polar surface area (TPSA) is 142 Å². The lowest BCUT2D eigenvalue weighted by molar-refractivity contribution is 0.00631. The Morgan fingerprint density at radius 2 is 1.53 bits per heavy atom. The third-order valence-corrected chi connectivity index (χ3v) is 4.18. The summed E-state index contributed by atoms with van der Waals surface area (Å²) in [7, 11) is 2.99. The highest BCUT2D eigenvalue weighted by Crippen LogP contribution is 2.16. The summed E-state index contributed by atoms with van der Waals surface area (Å²) in [4.78, 5) is 31.2. The molecule has 0 saturated heterocycles. The van der Waals surface area contributed by atoms with Crippen LogP contribution in [0.15, 0.2) is 36.5 Å². The van der Waals surface area contributed by atoms with Gasteiger partial charge < -0.3 is 39.6 Å². The van der Waals surface area contributed by atoms with Crippen LogP contribution in [0.1, 0.15) is 10.4 Å². The van der Waals surface area contributed by atoms with E-state index in [9.17, 15) is 9.59 Å².